The first-order valence-electron chi connectivity index (χ1n) is 6.61. The van der Waals surface area contributed by atoms with Gasteiger partial charge in [0.25, 0.3) is 5.91 Å². The Morgan fingerprint density at radius 3 is 2.32 bits per heavy atom. The van der Waals surface area contributed by atoms with Crippen molar-refractivity contribution in [3.8, 4) is 0 Å². The van der Waals surface area contributed by atoms with Crippen molar-refractivity contribution in [3.63, 3.8) is 0 Å². The molecule has 1 heterocycles. The van der Waals surface area contributed by atoms with Crippen LogP contribution in [0.1, 0.15) is 10.4 Å². The van der Waals surface area contributed by atoms with E-state index in [1.807, 2.05) is 18.2 Å². The predicted octanol–water partition coefficient (Wildman–Crippen LogP) is 2.59. The number of benzene rings is 2. The monoisotopic (exact) mass is 292 g/mol. The van der Waals surface area contributed by atoms with Crippen molar-refractivity contribution in [3.05, 3.63) is 66.4 Å². The van der Waals surface area contributed by atoms with Gasteiger partial charge < -0.3 is 0 Å². The Kier molecular flexibility index (Phi) is 3.74. The molecule has 108 valence electrons. The van der Waals surface area contributed by atoms with Gasteiger partial charge in [-0.2, -0.15) is 0 Å². The van der Waals surface area contributed by atoms with Crippen LogP contribution in [0.4, 0.5) is 10.6 Å². The number of hydrogen-bond donors (Lipinski definition) is 2. The quantitative estimate of drug-likeness (QED) is 0.760. The Morgan fingerprint density at radius 2 is 1.55 bits per heavy atom. The van der Waals surface area contributed by atoms with Crippen molar-refractivity contribution in [2.24, 2.45) is 0 Å². The largest absolute Gasteiger partial charge is 0.327 e. The molecular weight excluding hydrogens is 280 g/mol. The average Bonchev–Trinajstić information content (AvgIpc) is 2.55. The normalized spacial score (nSPS) is 10.2. The minimum atomic E-state index is -0.654. The van der Waals surface area contributed by atoms with E-state index in [1.165, 1.54) is 6.20 Å². The third-order valence-electron chi connectivity index (χ3n) is 2.95. The highest BCUT2D eigenvalue weighted by molar-refractivity contribution is 6.07. The lowest BCUT2D eigenvalue weighted by molar-refractivity contribution is 0.0967. The molecule has 0 aliphatic carbocycles. The summed E-state index contributed by atoms with van der Waals surface area (Å²) in [5.41, 5.74) is 1.80. The highest BCUT2D eigenvalue weighted by atomic mass is 16.2. The molecule has 0 saturated heterocycles. The van der Waals surface area contributed by atoms with Crippen molar-refractivity contribution in [2.75, 3.05) is 5.32 Å². The van der Waals surface area contributed by atoms with Crippen molar-refractivity contribution in [1.29, 1.82) is 0 Å². The van der Waals surface area contributed by atoms with E-state index < -0.39 is 11.9 Å². The van der Waals surface area contributed by atoms with Gasteiger partial charge in [0.2, 0.25) is 0 Å². The van der Waals surface area contributed by atoms with Gasteiger partial charge in [-0.3, -0.25) is 20.4 Å². The zero-order valence-electron chi connectivity index (χ0n) is 11.5. The topological polar surface area (TPSA) is 84.0 Å². The molecule has 6 nitrogen and oxygen atoms in total. The van der Waals surface area contributed by atoms with E-state index in [9.17, 15) is 9.59 Å². The fourth-order valence-corrected chi connectivity index (χ4v) is 1.93. The van der Waals surface area contributed by atoms with Gasteiger partial charge in [-0.1, -0.05) is 30.3 Å². The summed E-state index contributed by atoms with van der Waals surface area (Å²) in [4.78, 5) is 32.1. The molecule has 3 rings (SSSR count). The van der Waals surface area contributed by atoms with Crippen LogP contribution in [0.25, 0.3) is 11.0 Å². The van der Waals surface area contributed by atoms with Gasteiger partial charge >= 0.3 is 6.03 Å². The molecule has 2 aromatic carbocycles. The summed E-state index contributed by atoms with van der Waals surface area (Å²) in [5.74, 6) is -0.205. The first-order chi connectivity index (χ1) is 10.7. The number of hydrogen-bond acceptors (Lipinski definition) is 4. The summed E-state index contributed by atoms with van der Waals surface area (Å²) in [5, 5.41) is 4.73. The Morgan fingerprint density at radius 1 is 0.864 bits per heavy atom. The second kappa shape index (κ2) is 6.01. The molecule has 0 saturated carbocycles. The fourth-order valence-electron chi connectivity index (χ4n) is 1.93. The number of nitrogens with one attached hydrogen (secondary N) is 2. The molecule has 0 aliphatic heterocycles. The smallest absolute Gasteiger partial charge is 0.291 e. The van der Waals surface area contributed by atoms with E-state index in [1.54, 1.807) is 36.4 Å². The summed E-state index contributed by atoms with van der Waals surface area (Å²) in [6.07, 6.45) is 1.44. The van der Waals surface area contributed by atoms with E-state index in [0.29, 0.717) is 11.1 Å². The SMILES string of the molecule is O=C(NC(=O)c1ccccc1)Nc1cnc2ccccc2n1. The van der Waals surface area contributed by atoms with Gasteiger partial charge in [0, 0.05) is 5.56 Å². The molecule has 2 N–H and O–H groups in total. The first-order valence-corrected chi connectivity index (χ1v) is 6.61. The summed E-state index contributed by atoms with van der Waals surface area (Å²) in [6.45, 7) is 0. The molecule has 0 aliphatic rings. The number of carbonyl (C=O) groups excluding carboxylic acids is 2. The van der Waals surface area contributed by atoms with Crippen LogP contribution in [-0.4, -0.2) is 21.9 Å². The maximum absolute atomic E-state index is 11.8. The molecule has 0 bridgehead atoms. The van der Waals surface area contributed by atoms with Gasteiger partial charge in [-0.25, -0.2) is 9.78 Å². The molecule has 0 radical (unpaired) electrons. The highest BCUT2D eigenvalue weighted by Gasteiger charge is 2.10. The number of imide groups is 1. The molecule has 0 spiro atoms. The number of rotatable bonds is 2. The first kappa shape index (κ1) is 13.7. The maximum atomic E-state index is 11.8. The van der Waals surface area contributed by atoms with Gasteiger partial charge in [0.1, 0.15) is 0 Å². The van der Waals surface area contributed by atoms with Crippen LogP contribution in [0.3, 0.4) is 0 Å². The molecule has 3 aromatic rings. The lowest BCUT2D eigenvalue weighted by Gasteiger charge is -2.06. The zero-order valence-corrected chi connectivity index (χ0v) is 11.5. The third kappa shape index (κ3) is 3.06. The van der Waals surface area contributed by atoms with Crippen LogP contribution < -0.4 is 10.6 Å². The zero-order chi connectivity index (χ0) is 15.4. The molecule has 6 heteroatoms. The number of para-hydroxylation sites is 2. The maximum Gasteiger partial charge on any atom is 0.327 e. The Balaban J connectivity index is 1.69. The van der Waals surface area contributed by atoms with E-state index in [-0.39, 0.29) is 5.82 Å². The van der Waals surface area contributed by atoms with Gasteiger partial charge in [-0.05, 0) is 24.3 Å². The summed E-state index contributed by atoms with van der Waals surface area (Å²) in [6, 6.07) is 15.1. The Hall–Kier alpha value is -3.28. The number of nitrogens with zero attached hydrogens (tertiary/aromatic N) is 2. The number of urea groups is 1. The molecular formula is C16H12N4O2. The van der Waals surface area contributed by atoms with Gasteiger partial charge in [0.15, 0.2) is 5.82 Å². The number of carbonyl (C=O) groups is 2. The minimum absolute atomic E-state index is 0.275. The van der Waals surface area contributed by atoms with Gasteiger partial charge in [0.05, 0.1) is 17.2 Å². The Bertz CT molecular complexity index is 834. The van der Waals surface area contributed by atoms with Crippen molar-refractivity contribution in [1.82, 2.24) is 15.3 Å². The molecule has 0 fully saturated rings. The third-order valence-corrected chi connectivity index (χ3v) is 2.95. The molecule has 3 amide bonds. The number of anilines is 1. The lowest BCUT2D eigenvalue weighted by Crippen LogP contribution is -2.34. The van der Waals surface area contributed by atoms with Crippen molar-refractivity contribution >= 4 is 28.8 Å². The molecule has 22 heavy (non-hydrogen) atoms. The standard InChI is InChI=1S/C16H12N4O2/c21-15(11-6-2-1-3-7-11)20-16(22)19-14-10-17-12-8-4-5-9-13(12)18-14/h1-10H,(H2,18,19,20,21,22). The number of aromatic nitrogens is 2. The van der Waals surface area contributed by atoms with Gasteiger partial charge in [-0.15, -0.1) is 0 Å². The minimum Gasteiger partial charge on any atom is -0.291 e. The highest BCUT2D eigenvalue weighted by Crippen LogP contribution is 2.11. The van der Waals surface area contributed by atoms with Crippen LogP contribution in [0.2, 0.25) is 0 Å². The van der Waals surface area contributed by atoms with Crippen LogP contribution in [0, 0.1) is 0 Å². The van der Waals surface area contributed by atoms with Crippen LogP contribution >= 0.6 is 0 Å². The number of amides is 3. The van der Waals surface area contributed by atoms with E-state index in [2.05, 4.69) is 20.6 Å². The second-order valence-electron chi connectivity index (χ2n) is 4.52. The van der Waals surface area contributed by atoms with Crippen LogP contribution in [-0.2, 0) is 0 Å². The summed E-state index contributed by atoms with van der Waals surface area (Å²) < 4.78 is 0. The average molecular weight is 292 g/mol. The second-order valence-corrected chi connectivity index (χ2v) is 4.52. The van der Waals surface area contributed by atoms with Crippen molar-refractivity contribution in [2.45, 2.75) is 0 Å². The predicted molar refractivity (Wildman–Crippen MR) is 82.5 cm³/mol. The summed E-state index contributed by atoms with van der Waals surface area (Å²) >= 11 is 0. The number of fused-ring (bicyclic) bond motifs is 1. The van der Waals surface area contributed by atoms with E-state index in [0.717, 1.165) is 5.52 Å². The molecule has 0 unspecified atom stereocenters. The summed E-state index contributed by atoms with van der Waals surface area (Å²) in [7, 11) is 0. The van der Waals surface area contributed by atoms with Crippen molar-refractivity contribution < 1.29 is 9.59 Å². The molecule has 0 atom stereocenters. The fraction of sp³-hybridized carbons (Fsp3) is 0. The van der Waals surface area contributed by atoms with E-state index >= 15 is 0 Å². The molecule has 1 aromatic heterocycles. The van der Waals surface area contributed by atoms with E-state index in [4.69, 9.17) is 0 Å². The van der Waals surface area contributed by atoms with Crippen LogP contribution in [0.15, 0.2) is 60.8 Å². The Labute approximate surface area is 126 Å². The van der Waals surface area contributed by atoms with Crippen LogP contribution in [0.5, 0.6) is 0 Å². The lowest BCUT2D eigenvalue weighted by atomic mass is 10.2.